The molecule has 0 amide bonds. The van der Waals surface area contributed by atoms with Gasteiger partial charge in [-0.3, -0.25) is 0 Å². The number of aryl methyl sites for hydroxylation is 1. The van der Waals surface area contributed by atoms with Gasteiger partial charge < -0.3 is 9.47 Å². The van der Waals surface area contributed by atoms with Gasteiger partial charge in [0, 0.05) is 6.04 Å². The molecule has 0 spiro atoms. The molecule has 3 rings (SSSR count). The molecule has 2 heterocycles. The normalized spacial score (nSPS) is 18.3. The van der Waals surface area contributed by atoms with E-state index >= 15 is 0 Å². The van der Waals surface area contributed by atoms with Crippen molar-refractivity contribution >= 4 is 22.6 Å². The van der Waals surface area contributed by atoms with Crippen molar-refractivity contribution in [2.24, 2.45) is 0 Å². The minimum absolute atomic E-state index is 0.487. The number of aromatic nitrogens is 2. The fourth-order valence-corrected chi connectivity index (χ4v) is 3.25. The number of nitrogens with zero attached hydrogens (tertiary/aromatic N) is 3. The Morgan fingerprint density at radius 1 is 1.32 bits per heavy atom. The zero-order valence-electron chi connectivity index (χ0n) is 11.6. The first-order valence-corrected chi connectivity index (χ1v) is 7.45. The fourth-order valence-electron chi connectivity index (χ4n) is 3.06. The highest BCUT2D eigenvalue weighted by Gasteiger charge is 2.23. The van der Waals surface area contributed by atoms with Crippen LogP contribution in [-0.2, 0) is 5.88 Å². The van der Waals surface area contributed by atoms with E-state index in [1.165, 1.54) is 23.9 Å². The number of benzene rings is 1. The lowest BCUT2D eigenvalue weighted by Crippen LogP contribution is -2.31. The Morgan fingerprint density at radius 2 is 2.05 bits per heavy atom. The number of alkyl halides is 1. The molecular formula is C15H20ClN3. The standard InChI is InChI=1S/C15H20ClN3/c1-11-4-3-5-13-15(11)17-14(10-16)19(13)12-6-8-18(2)9-7-12/h3-5,12H,6-10H2,1-2H3. The third-order valence-electron chi connectivity index (χ3n) is 4.17. The molecule has 19 heavy (non-hydrogen) atoms. The molecule has 4 heteroatoms. The number of rotatable bonds is 2. The average Bonchev–Trinajstić information content (AvgIpc) is 2.80. The van der Waals surface area contributed by atoms with E-state index in [-0.39, 0.29) is 0 Å². The lowest BCUT2D eigenvalue weighted by Gasteiger charge is -2.31. The van der Waals surface area contributed by atoms with E-state index < -0.39 is 0 Å². The summed E-state index contributed by atoms with van der Waals surface area (Å²) < 4.78 is 2.38. The van der Waals surface area contributed by atoms with Crippen LogP contribution in [0.15, 0.2) is 18.2 Å². The van der Waals surface area contributed by atoms with Crippen LogP contribution < -0.4 is 0 Å². The molecule has 102 valence electrons. The van der Waals surface area contributed by atoms with E-state index in [2.05, 4.69) is 41.6 Å². The molecule has 0 aliphatic carbocycles. The van der Waals surface area contributed by atoms with Crippen molar-refractivity contribution in [1.29, 1.82) is 0 Å². The van der Waals surface area contributed by atoms with Gasteiger partial charge >= 0.3 is 0 Å². The Balaban J connectivity index is 2.08. The molecule has 2 aromatic rings. The third kappa shape index (κ3) is 2.26. The maximum absolute atomic E-state index is 6.11. The second-order valence-corrected chi connectivity index (χ2v) is 5.78. The molecule has 3 nitrogen and oxygen atoms in total. The molecular weight excluding hydrogens is 258 g/mol. The van der Waals surface area contributed by atoms with Gasteiger partial charge in [-0.15, -0.1) is 11.6 Å². The van der Waals surface area contributed by atoms with Gasteiger partial charge in [-0.25, -0.2) is 4.98 Å². The summed E-state index contributed by atoms with van der Waals surface area (Å²) in [6, 6.07) is 6.94. The van der Waals surface area contributed by atoms with Crippen LogP contribution >= 0.6 is 11.6 Å². The Labute approximate surface area is 119 Å². The van der Waals surface area contributed by atoms with Crippen molar-refractivity contribution < 1.29 is 0 Å². The van der Waals surface area contributed by atoms with Crippen molar-refractivity contribution in [3.63, 3.8) is 0 Å². The van der Waals surface area contributed by atoms with Gasteiger partial charge in [0.05, 0.1) is 16.9 Å². The fraction of sp³-hybridized carbons (Fsp3) is 0.533. The van der Waals surface area contributed by atoms with Crippen LogP contribution in [0.3, 0.4) is 0 Å². The maximum atomic E-state index is 6.11. The van der Waals surface area contributed by atoms with E-state index in [0.29, 0.717) is 11.9 Å². The molecule has 1 aliphatic rings. The quantitative estimate of drug-likeness (QED) is 0.785. The van der Waals surface area contributed by atoms with Crippen molar-refractivity contribution in [2.45, 2.75) is 31.7 Å². The van der Waals surface area contributed by atoms with Crippen molar-refractivity contribution in [3.05, 3.63) is 29.6 Å². The first-order valence-electron chi connectivity index (χ1n) is 6.91. The van der Waals surface area contributed by atoms with Crippen LogP contribution in [0, 0.1) is 6.92 Å². The Morgan fingerprint density at radius 3 is 2.74 bits per heavy atom. The molecule has 1 aromatic carbocycles. The smallest absolute Gasteiger partial charge is 0.125 e. The second-order valence-electron chi connectivity index (χ2n) is 5.51. The van der Waals surface area contributed by atoms with E-state index in [9.17, 15) is 0 Å². The molecule has 1 aliphatic heterocycles. The average molecular weight is 278 g/mol. The highest BCUT2D eigenvalue weighted by Crippen LogP contribution is 2.30. The van der Waals surface area contributed by atoms with Gasteiger partial charge in [-0.05, 0) is 51.5 Å². The van der Waals surface area contributed by atoms with E-state index in [1.807, 2.05) is 0 Å². The van der Waals surface area contributed by atoms with Crippen LogP contribution in [0.1, 0.15) is 30.3 Å². The summed E-state index contributed by atoms with van der Waals surface area (Å²) in [7, 11) is 2.19. The van der Waals surface area contributed by atoms with Crippen LogP contribution in [0.25, 0.3) is 11.0 Å². The van der Waals surface area contributed by atoms with Crippen molar-refractivity contribution in [3.8, 4) is 0 Å². The van der Waals surface area contributed by atoms with Gasteiger partial charge in [-0.2, -0.15) is 0 Å². The zero-order valence-corrected chi connectivity index (χ0v) is 12.3. The van der Waals surface area contributed by atoms with Gasteiger partial charge in [0.15, 0.2) is 0 Å². The second kappa shape index (κ2) is 5.14. The molecule has 0 N–H and O–H groups in total. The predicted molar refractivity (Wildman–Crippen MR) is 79.8 cm³/mol. The molecule has 0 bridgehead atoms. The summed E-state index contributed by atoms with van der Waals surface area (Å²) >= 11 is 6.11. The molecule has 0 saturated carbocycles. The van der Waals surface area contributed by atoms with E-state index in [4.69, 9.17) is 16.6 Å². The Hall–Kier alpha value is -1.06. The van der Waals surface area contributed by atoms with Gasteiger partial charge in [-0.1, -0.05) is 12.1 Å². The molecule has 0 radical (unpaired) electrons. The first-order chi connectivity index (χ1) is 9.20. The molecule has 1 fully saturated rings. The molecule has 1 saturated heterocycles. The minimum Gasteiger partial charge on any atom is -0.324 e. The number of likely N-dealkylation sites (tertiary alicyclic amines) is 1. The zero-order chi connectivity index (χ0) is 13.4. The summed E-state index contributed by atoms with van der Waals surface area (Å²) in [5.74, 6) is 1.50. The van der Waals surface area contributed by atoms with Crippen LogP contribution in [0.2, 0.25) is 0 Å². The summed E-state index contributed by atoms with van der Waals surface area (Å²) in [6.07, 6.45) is 2.36. The SMILES string of the molecule is Cc1cccc2c1nc(CCl)n2C1CCN(C)CC1. The number of imidazole rings is 1. The number of hydrogen-bond donors (Lipinski definition) is 0. The van der Waals surface area contributed by atoms with Crippen LogP contribution in [-0.4, -0.2) is 34.6 Å². The van der Waals surface area contributed by atoms with E-state index in [0.717, 1.165) is 24.4 Å². The maximum Gasteiger partial charge on any atom is 0.125 e. The highest BCUT2D eigenvalue weighted by atomic mass is 35.5. The summed E-state index contributed by atoms with van der Waals surface area (Å²) in [6.45, 7) is 4.42. The minimum atomic E-state index is 0.487. The Bertz CT molecular complexity index is 582. The Kier molecular flexibility index (Phi) is 3.50. The van der Waals surface area contributed by atoms with Crippen molar-refractivity contribution in [2.75, 3.05) is 20.1 Å². The third-order valence-corrected chi connectivity index (χ3v) is 4.41. The monoisotopic (exact) mass is 277 g/mol. The summed E-state index contributed by atoms with van der Waals surface area (Å²) in [4.78, 5) is 7.13. The first kappa shape index (κ1) is 12.9. The summed E-state index contributed by atoms with van der Waals surface area (Å²) in [5.41, 5.74) is 3.58. The highest BCUT2D eigenvalue weighted by molar-refractivity contribution is 6.16. The molecule has 1 aromatic heterocycles. The lowest BCUT2D eigenvalue weighted by atomic mass is 10.0. The number of halogens is 1. The van der Waals surface area contributed by atoms with Crippen molar-refractivity contribution in [1.82, 2.24) is 14.5 Å². The van der Waals surface area contributed by atoms with E-state index in [1.54, 1.807) is 0 Å². The van der Waals surface area contributed by atoms with Crippen LogP contribution in [0.5, 0.6) is 0 Å². The van der Waals surface area contributed by atoms with Gasteiger partial charge in [0.2, 0.25) is 0 Å². The predicted octanol–water partition coefficient (Wildman–Crippen LogP) is 3.35. The largest absolute Gasteiger partial charge is 0.324 e. The number of hydrogen-bond acceptors (Lipinski definition) is 2. The molecule has 0 atom stereocenters. The number of piperidine rings is 1. The topological polar surface area (TPSA) is 21.1 Å². The van der Waals surface area contributed by atoms with Gasteiger partial charge in [0.1, 0.15) is 5.82 Å². The van der Waals surface area contributed by atoms with Gasteiger partial charge in [0.25, 0.3) is 0 Å². The summed E-state index contributed by atoms with van der Waals surface area (Å²) in [5, 5.41) is 0. The lowest BCUT2D eigenvalue weighted by molar-refractivity contribution is 0.222. The number of fused-ring (bicyclic) bond motifs is 1. The number of para-hydroxylation sites is 1. The van der Waals surface area contributed by atoms with Crippen LogP contribution in [0.4, 0.5) is 0 Å². The molecule has 0 unspecified atom stereocenters.